The van der Waals surface area contributed by atoms with Crippen molar-refractivity contribution in [3.8, 4) is 0 Å². The molecule has 0 radical (unpaired) electrons. The summed E-state index contributed by atoms with van der Waals surface area (Å²) in [5, 5.41) is 3.59. The second-order valence-electron chi connectivity index (χ2n) is 5.71. The minimum Gasteiger partial charge on any atom is -0.385 e. The first-order valence-corrected chi connectivity index (χ1v) is 6.66. The minimum atomic E-state index is 0.396. The largest absolute Gasteiger partial charge is 0.385 e. The highest BCUT2D eigenvalue weighted by molar-refractivity contribution is 4.81. The third-order valence-corrected chi connectivity index (χ3v) is 3.83. The average molecular weight is 229 g/mol. The summed E-state index contributed by atoms with van der Waals surface area (Å²) < 4.78 is 5.17. The molecule has 0 spiro atoms. The molecular formula is C14H31NO. The third kappa shape index (κ3) is 5.86. The summed E-state index contributed by atoms with van der Waals surface area (Å²) >= 11 is 0. The summed E-state index contributed by atoms with van der Waals surface area (Å²) in [5.41, 5.74) is 0.396. The molecule has 0 aromatic heterocycles. The first-order valence-electron chi connectivity index (χ1n) is 6.66. The lowest BCUT2D eigenvalue weighted by Gasteiger charge is -2.35. The molecule has 0 heterocycles. The lowest BCUT2D eigenvalue weighted by atomic mass is 9.74. The summed E-state index contributed by atoms with van der Waals surface area (Å²) in [5.74, 6) is 1.44. The van der Waals surface area contributed by atoms with Crippen molar-refractivity contribution in [2.75, 3.05) is 26.8 Å². The zero-order valence-corrected chi connectivity index (χ0v) is 12.1. The lowest BCUT2D eigenvalue weighted by molar-refractivity contribution is 0.119. The van der Waals surface area contributed by atoms with E-state index in [2.05, 4.69) is 39.9 Å². The Balaban J connectivity index is 4.07. The van der Waals surface area contributed by atoms with Crippen LogP contribution in [0, 0.1) is 17.3 Å². The van der Waals surface area contributed by atoms with Gasteiger partial charge in [-0.1, -0.05) is 34.6 Å². The van der Waals surface area contributed by atoms with Crippen molar-refractivity contribution in [3.63, 3.8) is 0 Å². The Morgan fingerprint density at radius 2 is 1.88 bits per heavy atom. The van der Waals surface area contributed by atoms with E-state index in [9.17, 15) is 0 Å². The van der Waals surface area contributed by atoms with Crippen molar-refractivity contribution in [1.29, 1.82) is 0 Å². The van der Waals surface area contributed by atoms with Gasteiger partial charge in [0.1, 0.15) is 0 Å². The molecule has 2 heteroatoms. The summed E-state index contributed by atoms with van der Waals surface area (Å²) in [6.45, 7) is 14.6. The predicted octanol–water partition coefficient (Wildman–Crippen LogP) is 3.32. The van der Waals surface area contributed by atoms with Gasteiger partial charge in [0, 0.05) is 20.3 Å². The number of hydrogen-bond donors (Lipinski definition) is 1. The number of ether oxygens (including phenoxy) is 1. The highest BCUT2D eigenvalue weighted by atomic mass is 16.5. The van der Waals surface area contributed by atoms with E-state index in [1.807, 2.05) is 0 Å². The standard InChI is InChI=1S/C14H31NO/c1-7-14(5,11-15-10-12(2)3)13(4)8-9-16-6/h12-13,15H,7-11H2,1-6H3. The molecule has 0 bridgehead atoms. The summed E-state index contributed by atoms with van der Waals surface area (Å²) in [7, 11) is 1.78. The van der Waals surface area contributed by atoms with Crippen molar-refractivity contribution < 1.29 is 4.74 Å². The van der Waals surface area contributed by atoms with Crippen LogP contribution in [0.1, 0.15) is 47.5 Å². The normalized spacial score (nSPS) is 17.4. The van der Waals surface area contributed by atoms with Crippen LogP contribution in [0.3, 0.4) is 0 Å². The molecule has 0 aliphatic rings. The zero-order chi connectivity index (χ0) is 12.6. The van der Waals surface area contributed by atoms with Crippen LogP contribution in [0.25, 0.3) is 0 Å². The maximum Gasteiger partial charge on any atom is 0.0465 e. The van der Waals surface area contributed by atoms with Crippen molar-refractivity contribution in [3.05, 3.63) is 0 Å². The van der Waals surface area contributed by atoms with E-state index in [0.29, 0.717) is 11.3 Å². The minimum absolute atomic E-state index is 0.396. The number of hydrogen-bond acceptors (Lipinski definition) is 2. The molecule has 98 valence electrons. The molecular weight excluding hydrogens is 198 g/mol. The van der Waals surface area contributed by atoms with Crippen LogP contribution in [0.2, 0.25) is 0 Å². The van der Waals surface area contributed by atoms with E-state index in [-0.39, 0.29) is 0 Å². The molecule has 0 aliphatic heterocycles. The van der Waals surface area contributed by atoms with E-state index in [1.54, 1.807) is 7.11 Å². The number of methoxy groups -OCH3 is 1. The van der Waals surface area contributed by atoms with Gasteiger partial charge in [-0.3, -0.25) is 0 Å². The molecule has 0 fully saturated rings. The highest BCUT2D eigenvalue weighted by Gasteiger charge is 2.28. The quantitative estimate of drug-likeness (QED) is 0.655. The van der Waals surface area contributed by atoms with Crippen molar-refractivity contribution in [1.82, 2.24) is 5.32 Å². The summed E-state index contributed by atoms with van der Waals surface area (Å²) in [6, 6.07) is 0. The molecule has 1 N–H and O–H groups in total. The highest BCUT2D eigenvalue weighted by Crippen LogP contribution is 2.32. The van der Waals surface area contributed by atoms with Gasteiger partial charge in [-0.25, -0.2) is 0 Å². The van der Waals surface area contributed by atoms with Crippen LogP contribution >= 0.6 is 0 Å². The van der Waals surface area contributed by atoms with Gasteiger partial charge in [0.2, 0.25) is 0 Å². The van der Waals surface area contributed by atoms with E-state index in [0.717, 1.165) is 32.0 Å². The maximum absolute atomic E-state index is 5.17. The van der Waals surface area contributed by atoms with Crippen molar-refractivity contribution >= 4 is 0 Å². The van der Waals surface area contributed by atoms with Crippen LogP contribution in [0.5, 0.6) is 0 Å². The van der Waals surface area contributed by atoms with Crippen LogP contribution < -0.4 is 5.32 Å². The predicted molar refractivity (Wildman–Crippen MR) is 71.8 cm³/mol. The monoisotopic (exact) mass is 229 g/mol. The Morgan fingerprint density at radius 1 is 1.25 bits per heavy atom. The van der Waals surface area contributed by atoms with Gasteiger partial charge in [-0.05, 0) is 36.6 Å². The first-order chi connectivity index (χ1) is 7.46. The Hall–Kier alpha value is -0.0800. The van der Waals surface area contributed by atoms with Gasteiger partial charge < -0.3 is 10.1 Å². The second kappa shape index (κ2) is 8.08. The molecule has 2 nitrogen and oxygen atoms in total. The van der Waals surface area contributed by atoms with Gasteiger partial charge in [-0.2, -0.15) is 0 Å². The molecule has 0 aromatic carbocycles. The lowest BCUT2D eigenvalue weighted by Crippen LogP contribution is -2.38. The molecule has 0 aromatic rings. The molecule has 2 atom stereocenters. The Labute approximate surface area is 102 Å². The van der Waals surface area contributed by atoms with Crippen LogP contribution in [0.4, 0.5) is 0 Å². The Bertz CT molecular complexity index is 170. The van der Waals surface area contributed by atoms with E-state index in [4.69, 9.17) is 4.74 Å². The van der Waals surface area contributed by atoms with E-state index < -0.39 is 0 Å². The fourth-order valence-corrected chi connectivity index (χ4v) is 1.94. The van der Waals surface area contributed by atoms with Gasteiger partial charge >= 0.3 is 0 Å². The fourth-order valence-electron chi connectivity index (χ4n) is 1.94. The average Bonchev–Trinajstić information content (AvgIpc) is 2.24. The second-order valence-corrected chi connectivity index (χ2v) is 5.71. The van der Waals surface area contributed by atoms with E-state index in [1.165, 1.54) is 6.42 Å². The number of rotatable bonds is 9. The SMILES string of the molecule is CCC(C)(CNCC(C)C)C(C)CCOC. The van der Waals surface area contributed by atoms with Crippen molar-refractivity contribution in [2.24, 2.45) is 17.3 Å². The fraction of sp³-hybridized carbons (Fsp3) is 1.00. The molecule has 0 aliphatic carbocycles. The smallest absolute Gasteiger partial charge is 0.0465 e. The zero-order valence-electron chi connectivity index (χ0n) is 12.1. The molecule has 16 heavy (non-hydrogen) atoms. The molecule has 0 amide bonds. The summed E-state index contributed by atoms with van der Waals surface area (Å²) in [4.78, 5) is 0. The van der Waals surface area contributed by atoms with Gasteiger partial charge in [0.15, 0.2) is 0 Å². The van der Waals surface area contributed by atoms with E-state index >= 15 is 0 Å². The molecule has 0 saturated heterocycles. The van der Waals surface area contributed by atoms with Crippen LogP contribution in [-0.4, -0.2) is 26.8 Å². The molecule has 2 unspecified atom stereocenters. The topological polar surface area (TPSA) is 21.3 Å². The van der Waals surface area contributed by atoms with Crippen LogP contribution in [-0.2, 0) is 4.74 Å². The third-order valence-electron chi connectivity index (χ3n) is 3.83. The van der Waals surface area contributed by atoms with Gasteiger partial charge in [0.25, 0.3) is 0 Å². The molecule has 0 rings (SSSR count). The molecule has 0 saturated carbocycles. The van der Waals surface area contributed by atoms with Gasteiger partial charge in [0.05, 0.1) is 0 Å². The maximum atomic E-state index is 5.17. The Kier molecular flexibility index (Phi) is 8.04. The summed E-state index contributed by atoms with van der Waals surface area (Å²) in [6.07, 6.45) is 2.38. The van der Waals surface area contributed by atoms with Gasteiger partial charge in [-0.15, -0.1) is 0 Å². The Morgan fingerprint density at radius 3 is 2.31 bits per heavy atom. The number of nitrogens with one attached hydrogen (secondary N) is 1. The first kappa shape index (κ1) is 15.9. The van der Waals surface area contributed by atoms with Crippen molar-refractivity contribution in [2.45, 2.75) is 47.5 Å². The van der Waals surface area contributed by atoms with Crippen LogP contribution in [0.15, 0.2) is 0 Å².